The number of anilines is 1. The molecule has 2 amide bonds. The fourth-order valence-electron chi connectivity index (χ4n) is 3.35. The van der Waals surface area contributed by atoms with E-state index in [1.54, 1.807) is 40.7 Å². The molecule has 7 nitrogen and oxygen atoms in total. The lowest BCUT2D eigenvalue weighted by molar-refractivity contribution is -0.134. The molecule has 0 aliphatic carbocycles. The van der Waals surface area contributed by atoms with Crippen LogP contribution < -0.4 is 10.1 Å². The van der Waals surface area contributed by atoms with Crippen molar-refractivity contribution >= 4 is 28.3 Å². The Hall–Kier alpha value is -3.33. The number of carbonyl (C=O) groups is 2. The predicted molar refractivity (Wildman–Crippen MR) is 110 cm³/mol. The molecule has 1 aromatic carbocycles. The monoisotopic (exact) mass is 426 g/mol. The zero-order valence-electron chi connectivity index (χ0n) is 16.0. The quantitative estimate of drug-likeness (QED) is 0.650. The highest BCUT2D eigenvalue weighted by molar-refractivity contribution is 7.13. The molecule has 3 aromatic rings. The minimum atomic E-state index is -0.503. The van der Waals surface area contributed by atoms with Crippen molar-refractivity contribution in [1.82, 2.24) is 14.9 Å². The lowest BCUT2D eigenvalue weighted by Crippen LogP contribution is -2.34. The number of hydrogen-bond acceptors (Lipinski definition) is 6. The highest BCUT2D eigenvalue weighted by Crippen LogP contribution is 2.31. The van der Waals surface area contributed by atoms with Crippen LogP contribution in [0.1, 0.15) is 34.9 Å². The Morgan fingerprint density at radius 3 is 2.83 bits per heavy atom. The number of amides is 2. The van der Waals surface area contributed by atoms with Crippen molar-refractivity contribution in [2.24, 2.45) is 0 Å². The van der Waals surface area contributed by atoms with Crippen LogP contribution in [-0.2, 0) is 4.79 Å². The summed E-state index contributed by atoms with van der Waals surface area (Å²) in [5.74, 6) is -0.971. The molecule has 1 fully saturated rings. The van der Waals surface area contributed by atoms with E-state index < -0.39 is 5.82 Å². The summed E-state index contributed by atoms with van der Waals surface area (Å²) in [5, 5.41) is 5.00. The van der Waals surface area contributed by atoms with Crippen LogP contribution in [0.25, 0.3) is 0 Å². The number of nitrogens with zero attached hydrogens (tertiary/aromatic N) is 3. The summed E-state index contributed by atoms with van der Waals surface area (Å²) in [7, 11) is 0. The normalized spacial score (nSPS) is 15.8. The van der Waals surface area contributed by atoms with Crippen LogP contribution in [0.15, 0.2) is 54.2 Å². The van der Waals surface area contributed by atoms with Gasteiger partial charge in [0.15, 0.2) is 23.3 Å². The Balaban J connectivity index is 1.39. The molecule has 0 spiro atoms. The number of halogens is 1. The number of nitrogens with one attached hydrogen (secondary N) is 1. The number of thiazole rings is 1. The second kappa shape index (κ2) is 9.00. The molecule has 9 heteroatoms. The molecule has 1 atom stereocenters. The first-order valence-corrected chi connectivity index (χ1v) is 10.3. The number of hydrogen-bond donors (Lipinski definition) is 1. The first-order chi connectivity index (χ1) is 14.6. The maximum absolute atomic E-state index is 13.7. The average molecular weight is 426 g/mol. The second-order valence-electron chi connectivity index (χ2n) is 6.73. The number of rotatable bonds is 6. The van der Waals surface area contributed by atoms with Crippen molar-refractivity contribution in [3.8, 4) is 5.75 Å². The molecule has 1 saturated heterocycles. The van der Waals surface area contributed by atoms with Crippen LogP contribution in [0.4, 0.5) is 9.52 Å². The molecule has 3 heterocycles. The Morgan fingerprint density at radius 2 is 2.10 bits per heavy atom. The predicted octanol–water partition coefficient (Wildman–Crippen LogP) is 3.67. The fraction of sp³-hybridized carbons (Fsp3) is 0.238. The molecular formula is C21H19FN4O3S. The van der Waals surface area contributed by atoms with Crippen LogP contribution in [-0.4, -0.2) is 39.8 Å². The number of para-hydroxylation sites is 1. The highest BCUT2D eigenvalue weighted by Gasteiger charge is 2.31. The van der Waals surface area contributed by atoms with E-state index in [9.17, 15) is 14.0 Å². The molecule has 1 N–H and O–H groups in total. The lowest BCUT2D eigenvalue weighted by Gasteiger charge is -2.24. The smallest absolute Gasteiger partial charge is 0.261 e. The third kappa shape index (κ3) is 4.46. The van der Waals surface area contributed by atoms with Crippen molar-refractivity contribution in [1.29, 1.82) is 0 Å². The fourth-order valence-corrected chi connectivity index (χ4v) is 3.87. The molecule has 1 aliphatic heterocycles. The SMILES string of the molecule is O=C(Nc1nccs1)c1ccc(C2CCCN2C(=O)COc2ccccc2F)nc1. The Morgan fingerprint density at radius 1 is 1.23 bits per heavy atom. The van der Waals surface area contributed by atoms with Gasteiger partial charge in [0.2, 0.25) is 0 Å². The van der Waals surface area contributed by atoms with Gasteiger partial charge in [-0.15, -0.1) is 11.3 Å². The van der Waals surface area contributed by atoms with Crippen LogP contribution in [0.5, 0.6) is 5.75 Å². The first kappa shape index (κ1) is 20.0. The summed E-state index contributed by atoms with van der Waals surface area (Å²) in [6, 6.07) is 9.23. The van der Waals surface area contributed by atoms with Gasteiger partial charge in [0, 0.05) is 24.3 Å². The number of benzene rings is 1. The van der Waals surface area contributed by atoms with E-state index >= 15 is 0 Å². The molecule has 0 bridgehead atoms. The van der Waals surface area contributed by atoms with Crippen molar-refractivity contribution in [3.05, 3.63) is 71.2 Å². The highest BCUT2D eigenvalue weighted by atomic mass is 32.1. The largest absolute Gasteiger partial charge is 0.481 e. The summed E-state index contributed by atoms with van der Waals surface area (Å²) in [4.78, 5) is 35.0. The van der Waals surface area contributed by atoms with E-state index in [1.807, 2.05) is 0 Å². The van der Waals surface area contributed by atoms with Gasteiger partial charge >= 0.3 is 0 Å². The zero-order valence-corrected chi connectivity index (χ0v) is 16.8. The number of carbonyl (C=O) groups excluding carboxylic acids is 2. The van der Waals surface area contributed by atoms with Crippen LogP contribution in [0.2, 0.25) is 0 Å². The van der Waals surface area contributed by atoms with Gasteiger partial charge in [-0.3, -0.25) is 19.9 Å². The summed E-state index contributed by atoms with van der Waals surface area (Å²) < 4.78 is 19.0. The molecule has 30 heavy (non-hydrogen) atoms. The number of ether oxygens (including phenoxy) is 1. The minimum absolute atomic E-state index is 0.0512. The standard InChI is InChI=1S/C21H19FN4O3S/c22-15-4-1-2-6-18(15)29-13-19(27)26-10-3-5-17(26)16-8-7-14(12-24-16)20(28)25-21-23-9-11-30-21/h1-2,4,6-9,11-12,17H,3,5,10,13H2,(H,23,25,28). The summed E-state index contributed by atoms with van der Waals surface area (Å²) in [5.41, 5.74) is 1.12. The lowest BCUT2D eigenvalue weighted by atomic mass is 10.1. The van der Waals surface area contributed by atoms with E-state index in [0.717, 1.165) is 12.8 Å². The maximum atomic E-state index is 13.7. The van der Waals surface area contributed by atoms with E-state index in [0.29, 0.717) is 22.9 Å². The molecule has 154 valence electrons. The van der Waals surface area contributed by atoms with Crippen molar-refractivity contribution in [2.45, 2.75) is 18.9 Å². The van der Waals surface area contributed by atoms with Crippen LogP contribution >= 0.6 is 11.3 Å². The van der Waals surface area contributed by atoms with Crippen molar-refractivity contribution < 1.29 is 18.7 Å². The summed E-state index contributed by atoms with van der Waals surface area (Å²) in [6.07, 6.45) is 4.71. The molecule has 0 radical (unpaired) electrons. The van der Waals surface area contributed by atoms with E-state index in [-0.39, 0.29) is 30.2 Å². The van der Waals surface area contributed by atoms with Crippen LogP contribution in [0, 0.1) is 5.82 Å². The number of pyridine rings is 1. The van der Waals surface area contributed by atoms with Gasteiger partial charge in [0.05, 0.1) is 17.3 Å². The Labute approximate surface area is 176 Å². The minimum Gasteiger partial charge on any atom is -0.481 e. The third-order valence-electron chi connectivity index (χ3n) is 4.80. The van der Waals surface area contributed by atoms with E-state index in [1.165, 1.54) is 29.7 Å². The number of likely N-dealkylation sites (tertiary alicyclic amines) is 1. The molecule has 1 unspecified atom stereocenters. The number of aromatic nitrogens is 2. The Bertz CT molecular complexity index is 1030. The average Bonchev–Trinajstić information content (AvgIpc) is 3.45. The maximum Gasteiger partial charge on any atom is 0.261 e. The van der Waals surface area contributed by atoms with E-state index in [2.05, 4.69) is 15.3 Å². The van der Waals surface area contributed by atoms with Gasteiger partial charge in [-0.1, -0.05) is 12.1 Å². The topological polar surface area (TPSA) is 84.4 Å². The van der Waals surface area contributed by atoms with Crippen molar-refractivity contribution in [2.75, 3.05) is 18.5 Å². The van der Waals surface area contributed by atoms with Crippen molar-refractivity contribution in [3.63, 3.8) is 0 Å². The Kier molecular flexibility index (Phi) is 5.99. The van der Waals surface area contributed by atoms with Crippen LogP contribution in [0.3, 0.4) is 0 Å². The molecule has 4 rings (SSSR count). The summed E-state index contributed by atoms with van der Waals surface area (Å²) in [6.45, 7) is 0.337. The third-order valence-corrected chi connectivity index (χ3v) is 5.49. The van der Waals surface area contributed by atoms with Gasteiger partial charge in [0.25, 0.3) is 11.8 Å². The molecular weight excluding hydrogens is 407 g/mol. The van der Waals surface area contributed by atoms with Gasteiger partial charge < -0.3 is 9.64 Å². The van der Waals surface area contributed by atoms with Gasteiger partial charge in [-0.25, -0.2) is 9.37 Å². The molecule has 0 saturated carbocycles. The first-order valence-electron chi connectivity index (χ1n) is 9.45. The van der Waals surface area contributed by atoms with E-state index in [4.69, 9.17) is 4.74 Å². The van der Waals surface area contributed by atoms with Gasteiger partial charge in [-0.05, 0) is 37.1 Å². The second-order valence-corrected chi connectivity index (χ2v) is 7.62. The zero-order chi connectivity index (χ0) is 20.9. The van der Waals surface area contributed by atoms with Gasteiger partial charge in [0.1, 0.15) is 0 Å². The summed E-state index contributed by atoms with van der Waals surface area (Å²) >= 11 is 1.33. The molecule has 1 aliphatic rings. The molecule has 2 aromatic heterocycles. The van der Waals surface area contributed by atoms with Gasteiger partial charge in [-0.2, -0.15) is 0 Å².